The van der Waals surface area contributed by atoms with Gasteiger partial charge in [-0.3, -0.25) is 4.98 Å². The van der Waals surface area contributed by atoms with E-state index in [1.807, 2.05) is 6.07 Å². The van der Waals surface area contributed by atoms with Gasteiger partial charge in [-0.25, -0.2) is 9.18 Å². The molecule has 0 unspecified atom stereocenters. The summed E-state index contributed by atoms with van der Waals surface area (Å²) in [5.74, 6) is -1.85. The topological polar surface area (TPSA) is 59.4 Å². The van der Waals surface area contributed by atoms with Crippen molar-refractivity contribution >= 4 is 5.97 Å². The van der Waals surface area contributed by atoms with Crippen molar-refractivity contribution in [2.24, 2.45) is 0 Å². The van der Waals surface area contributed by atoms with Crippen LogP contribution < -0.4 is 23.6 Å². The molecule has 0 spiro atoms. The average molecular weight is 255 g/mol. The van der Waals surface area contributed by atoms with Crippen molar-refractivity contribution in [3.8, 4) is 5.75 Å². The first-order valence-electron chi connectivity index (χ1n) is 5.22. The van der Waals surface area contributed by atoms with Gasteiger partial charge in [-0.15, -0.1) is 0 Å². The van der Waals surface area contributed by atoms with Crippen LogP contribution in [0.3, 0.4) is 0 Å². The predicted octanol–water partition coefficient (Wildman–Crippen LogP) is -0.386. The molecular formula is C13H11FLiNO3. The smallest absolute Gasteiger partial charge is 1.00 e. The quantitative estimate of drug-likeness (QED) is 0.756. The van der Waals surface area contributed by atoms with Gasteiger partial charge < -0.3 is 11.3 Å². The molecule has 4 nitrogen and oxygen atoms in total. The summed E-state index contributed by atoms with van der Waals surface area (Å²) in [7, 11) is 0. The Kier molecular flexibility index (Phi) is 5.55. The number of nitrogens with zero attached hydrogens (tertiary/aromatic N) is 1. The molecule has 0 atom stereocenters. The molecule has 0 saturated heterocycles. The van der Waals surface area contributed by atoms with Crippen molar-refractivity contribution in [1.82, 2.24) is 4.98 Å². The number of carboxylic acid groups (broad SMARTS) is 1. The predicted molar refractivity (Wildman–Crippen MR) is 63.0 cm³/mol. The van der Waals surface area contributed by atoms with Gasteiger partial charge >= 0.3 is 24.8 Å². The van der Waals surface area contributed by atoms with E-state index >= 15 is 0 Å². The molecule has 0 fully saturated rings. The summed E-state index contributed by atoms with van der Waals surface area (Å²) in [6.45, 7) is 0.201. The fourth-order valence-electron chi connectivity index (χ4n) is 1.40. The number of rotatable bonds is 4. The molecule has 6 heteroatoms. The second-order valence-corrected chi connectivity index (χ2v) is 3.56. The number of hydrogen-bond donors (Lipinski definition) is 1. The minimum Gasteiger partial charge on any atom is -1.00 e. The molecule has 1 N–H and O–H groups in total. The molecule has 2 aromatic rings. The van der Waals surface area contributed by atoms with Gasteiger partial charge in [0.05, 0.1) is 11.3 Å². The van der Waals surface area contributed by atoms with Gasteiger partial charge in [-0.2, -0.15) is 0 Å². The number of pyridine rings is 1. The zero-order valence-electron chi connectivity index (χ0n) is 11.3. The first-order chi connectivity index (χ1) is 8.66. The van der Waals surface area contributed by atoms with Crippen LogP contribution in [0.1, 0.15) is 17.5 Å². The first kappa shape index (κ1) is 15.2. The van der Waals surface area contributed by atoms with Crippen LogP contribution in [0.2, 0.25) is 0 Å². The van der Waals surface area contributed by atoms with Gasteiger partial charge in [0.2, 0.25) is 0 Å². The summed E-state index contributed by atoms with van der Waals surface area (Å²) in [6.07, 6.45) is 1.63. The van der Waals surface area contributed by atoms with E-state index in [2.05, 4.69) is 4.98 Å². The summed E-state index contributed by atoms with van der Waals surface area (Å²) in [6, 6.07) is 9.01. The third-order valence-electron chi connectivity index (χ3n) is 2.28. The number of benzene rings is 1. The minimum atomic E-state index is -1.30. The largest absolute Gasteiger partial charge is 1.00 e. The fraction of sp³-hybridized carbons (Fsp3) is 0.0769. The van der Waals surface area contributed by atoms with Crippen molar-refractivity contribution in [3.63, 3.8) is 0 Å². The number of aromatic nitrogens is 1. The third kappa shape index (κ3) is 4.09. The Hall–Kier alpha value is -1.83. The number of halogens is 1. The molecule has 2 rings (SSSR count). The summed E-state index contributed by atoms with van der Waals surface area (Å²) in [4.78, 5) is 14.7. The number of aromatic carboxylic acids is 1. The molecule has 1 aromatic carbocycles. The Bertz CT molecular complexity index is 569. The molecule has 0 saturated carbocycles. The van der Waals surface area contributed by atoms with Crippen LogP contribution in [-0.4, -0.2) is 16.1 Å². The molecule has 0 aliphatic rings. The van der Waals surface area contributed by atoms with Crippen LogP contribution in [-0.2, 0) is 6.61 Å². The molecule has 1 heterocycles. The second kappa shape index (κ2) is 6.93. The van der Waals surface area contributed by atoms with Crippen molar-refractivity contribution in [2.75, 3.05) is 0 Å². The maximum Gasteiger partial charge on any atom is 1.00 e. The van der Waals surface area contributed by atoms with Crippen LogP contribution in [0.4, 0.5) is 4.39 Å². The fourth-order valence-corrected chi connectivity index (χ4v) is 1.40. The molecule has 0 bridgehead atoms. The van der Waals surface area contributed by atoms with Crippen molar-refractivity contribution in [2.45, 2.75) is 6.61 Å². The number of ether oxygens (including phenoxy) is 1. The van der Waals surface area contributed by atoms with E-state index in [4.69, 9.17) is 9.84 Å². The van der Waals surface area contributed by atoms with Crippen molar-refractivity contribution < 1.29 is 39.3 Å². The Labute approximate surface area is 122 Å². The summed E-state index contributed by atoms with van der Waals surface area (Å²) < 4.78 is 18.7. The SMILES string of the molecule is O=C(O)c1ccc(OCc2ccccn2)cc1F.[H-].[Li+]. The van der Waals surface area contributed by atoms with Gasteiger partial charge in [0.1, 0.15) is 18.2 Å². The van der Waals surface area contributed by atoms with E-state index in [1.165, 1.54) is 12.1 Å². The zero-order chi connectivity index (χ0) is 13.0. The van der Waals surface area contributed by atoms with E-state index in [9.17, 15) is 9.18 Å². The summed E-state index contributed by atoms with van der Waals surface area (Å²) in [5.41, 5.74) is 0.334. The number of carbonyl (C=O) groups is 1. The molecule has 19 heavy (non-hydrogen) atoms. The number of hydrogen-bond acceptors (Lipinski definition) is 3. The Morgan fingerprint density at radius 2 is 2.16 bits per heavy atom. The summed E-state index contributed by atoms with van der Waals surface area (Å²) >= 11 is 0. The van der Waals surface area contributed by atoms with Crippen LogP contribution in [0.15, 0.2) is 42.6 Å². The van der Waals surface area contributed by atoms with Crippen LogP contribution in [0.25, 0.3) is 0 Å². The van der Waals surface area contributed by atoms with E-state index in [0.717, 1.165) is 6.07 Å². The Morgan fingerprint density at radius 1 is 1.37 bits per heavy atom. The molecule has 0 amide bonds. The van der Waals surface area contributed by atoms with Crippen molar-refractivity contribution in [3.05, 3.63) is 59.7 Å². The van der Waals surface area contributed by atoms with E-state index in [1.54, 1.807) is 18.3 Å². The van der Waals surface area contributed by atoms with Gasteiger partial charge in [0.15, 0.2) is 0 Å². The van der Waals surface area contributed by atoms with E-state index in [0.29, 0.717) is 5.69 Å². The minimum absolute atomic E-state index is 0. The number of carboxylic acids is 1. The third-order valence-corrected chi connectivity index (χ3v) is 2.28. The van der Waals surface area contributed by atoms with Gasteiger partial charge in [0.25, 0.3) is 0 Å². The molecular weight excluding hydrogens is 244 g/mol. The first-order valence-corrected chi connectivity index (χ1v) is 5.22. The van der Waals surface area contributed by atoms with Crippen LogP contribution in [0, 0.1) is 5.82 Å². The molecule has 0 radical (unpaired) electrons. The zero-order valence-corrected chi connectivity index (χ0v) is 10.3. The van der Waals surface area contributed by atoms with E-state index < -0.39 is 11.8 Å². The Morgan fingerprint density at radius 3 is 2.74 bits per heavy atom. The van der Waals surface area contributed by atoms with Gasteiger partial charge in [-0.05, 0) is 24.3 Å². The standard InChI is InChI=1S/C13H10FNO3.Li.H/c14-12-7-10(4-5-11(12)13(16)17)18-8-9-3-1-2-6-15-9;;/h1-7H,8H2,(H,16,17);;/q;+1;-1. The average Bonchev–Trinajstić information content (AvgIpc) is 2.37. The monoisotopic (exact) mass is 255 g/mol. The maximum atomic E-state index is 13.4. The normalized spacial score (nSPS) is 9.53. The molecule has 0 aliphatic carbocycles. The molecule has 94 valence electrons. The van der Waals surface area contributed by atoms with Gasteiger partial charge in [-0.1, -0.05) is 6.07 Å². The summed E-state index contributed by atoms with van der Waals surface area (Å²) in [5, 5.41) is 8.67. The van der Waals surface area contributed by atoms with Crippen LogP contribution in [0.5, 0.6) is 5.75 Å². The Balaban J connectivity index is 0.00000180. The second-order valence-electron chi connectivity index (χ2n) is 3.56. The van der Waals surface area contributed by atoms with E-state index in [-0.39, 0.29) is 38.2 Å². The van der Waals surface area contributed by atoms with Crippen LogP contribution >= 0.6 is 0 Å². The van der Waals surface area contributed by atoms with Gasteiger partial charge in [0, 0.05) is 12.3 Å². The molecule has 1 aromatic heterocycles. The van der Waals surface area contributed by atoms with Crippen molar-refractivity contribution in [1.29, 1.82) is 0 Å². The maximum absolute atomic E-state index is 13.4. The molecule has 0 aliphatic heterocycles.